The van der Waals surface area contributed by atoms with Gasteiger partial charge in [-0.3, -0.25) is 4.98 Å². The van der Waals surface area contributed by atoms with Gasteiger partial charge in [-0.1, -0.05) is 48.5 Å². The number of hydrogen-bond acceptors (Lipinski definition) is 2. The average molecular weight is 335 g/mol. The van der Waals surface area contributed by atoms with E-state index in [4.69, 9.17) is 0 Å². The van der Waals surface area contributed by atoms with Gasteiger partial charge in [-0.15, -0.1) is 0 Å². The van der Waals surface area contributed by atoms with Gasteiger partial charge < -0.3 is 5.11 Å². The fourth-order valence-electron chi connectivity index (χ4n) is 3.74. The molecule has 0 unspecified atom stereocenters. The van der Waals surface area contributed by atoms with E-state index in [0.29, 0.717) is 5.75 Å². The van der Waals surface area contributed by atoms with Gasteiger partial charge >= 0.3 is 0 Å². The summed E-state index contributed by atoms with van der Waals surface area (Å²) in [5.74, 6) is 0.296. The molecule has 0 spiro atoms. The molecule has 0 saturated heterocycles. The fraction of sp³-hybridized carbons (Fsp3) is 0.0417. The van der Waals surface area contributed by atoms with Crippen LogP contribution in [0.4, 0.5) is 0 Å². The van der Waals surface area contributed by atoms with E-state index >= 15 is 0 Å². The number of fused-ring (bicyclic) bond motifs is 3. The third-order valence-corrected chi connectivity index (χ3v) is 5.04. The van der Waals surface area contributed by atoms with Crippen molar-refractivity contribution in [3.8, 4) is 39.3 Å². The minimum Gasteiger partial charge on any atom is -0.508 e. The van der Waals surface area contributed by atoms with Crippen LogP contribution in [0.25, 0.3) is 33.5 Å². The van der Waals surface area contributed by atoms with Crippen molar-refractivity contribution in [2.24, 2.45) is 0 Å². The Labute approximate surface area is 152 Å². The summed E-state index contributed by atoms with van der Waals surface area (Å²) in [5, 5.41) is 9.49. The van der Waals surface area contributed by atoms with E-state index in [1.165, 1.54) is 27.8 Å². The molecular weight excluding hydrogens is 318 g/mol. The van der Waals surface area contributed by atoms with Crippen molar-refractivity contribution in [1.82, 2.24) is 4.98 Å². The summed E-state index contributed by atoms with van der Waals surface area (Å²) in [4.78, 5) is 4.46. The van der Waals surface area contributed by atoms with E-state index < -0.39 is 0 Å². The monoisotopic (exact) mass is 335 g/mol. The molecule has 1 aliphatic rings. The maximum atomic E-state index is 9.49. The van der Waals surface area contributed by atoms with Crippen molar-refractivity contribution in [3.05, 3.63) is 96.2 Å². The van der Waals surface area contributed by atoms with Gasteiger partial charge in [0.15, 0.2) is 0 Å². The summed E-state index contributed by atoms with van der Waals surface area (Å²) in [5.41, 5.74) is 9.81. The molecule has 0 fully saturated rings. The zero-order valence-electron chi connectivity index (χ0n) is 14.2. The smallest absolute Gasteiger partial charge is 0.115 e. The Morgan fingerprint density at radius 3 is 2.00 bits per heavy atom. The molecule has 0 saturated carbocycles. The normalized spacial score (nSPS) is 11.8. The number of benzene rings is 3. The fourth-order valence-corrected chi connectivity index (χ4v) is 3.74. The van der Waals surface area contributed by atoms with Crippen LogP contribution in [0.5, 0.6) is 5.75 Å². The van der Waals surface area contributed by atoms with Gasteiger partial charge in [0, 0.05) is 11.8 Å². The molecule has 4 aromatic rings. The van der Waals surface area contributed by atoms with Crippen LogP contribution in [0.2, 0.25) is 0 Å². The largest absolute Gasteiger partial charge is 0.508 e. The van der Waals surface area contributed by atoms with E-state index in [-0.39, 0.29) is 0 Å². The second-order valence-electron chi connectivity index (χ2n) is 6.68. The molecule has 0 radical (unpaired) electrons. The second-order valence-corrected chi connectivity index (χ2v) is 6.68. The van der Waals surface area contributed by atoms with Crippen LogP contribution in [-0.2, 0) is 6.42 Å². The van der Waals surface area contributed by atoms with Crippen molar-refractivity contribution >= 4 is 0 Å². The second kappa shape index (κ2) is 5.85. The molecule has 0 atom stereocenters. The van der Waals surface area contributed by atoms with E-state index in [0.717, 1.165) is 23.2 Å². The summed E-state index contributed by atoms with van der Waals surface area (Å²) < 4.78 is 0. The first-order chi connectivity index (χ1) is 12.8. The molecule has 2 nitrogen and oxygen atoms in total. The third kappa shape index (κ3) is 2.47. The number of aromatic hydroxyl groups is 1. The molecule has 1 N–H and O–H groups in total. The molecule has 124 valence electrons. The number of aromatic nitrogens is 1. The van der Waals surface area contributed by atoms with Gasteiger partial charge in [-0.2, -0.15) is 0 Å². The zero-order valence-corrected chi connectivity index (χ0v) is 14.2. The average Bonchev–Trinajstić information content (AvgIpc) is 3.06. The van der Waals surface area contributed by atoms with Crippen LogP contribution in [0, 0.1) is 0 Å². The van der Waals surface area contributed by atoms with E-state index in [9.17, 15) is 5.11 Å². The summed E-state index contributed by atoms with van der Waals surface area (Å²) in [7, 11) is 0. The highest BCUT2D eigenvalue weighted by Gasteiger charge is 2.19. The topological polar surface area (TPSA) is 33.1 Å². The Bertz CT molecular complexity index is 1100. The van der Waals surface area contributed by atoms with Gasteiger partial charge in [-0.25, -0.2) is 0 Å². The number of hydrogen-bond donors (Lipinski definition) is 1. The summed E-state index contributed by atoms with van der Waals surface area (Å²) in [6.07, 6.45) is 2.78. The number of rotatable bonds is 2. The Kier molecular flexibility index (Phi) is 3.36. The highest BCUT2D eigenvalue weighted by molar-refractivity contribution is 5.82. The van der Waals surface area contributed by atoms with E-state index in [2.05, 4.69) is 41.4 Å². The molecule has 1 heterocycles. The number of pyridine rings is 1. The van der Waals surface area contributed by atoms with Gasteiger partial charge in [0.1, 0.15) is 5.75 Å². The predicted octanol–water partition coefficient (Wildman–Crippen LogP) is 5.69. The quantitative estimate of drug-likeness (QED) is 0.449. The highest BCUT2D eigenvalue weighted by Crippen LogP contribution is 2.40. The van der Waals surface area contributed by atoms with Crippen LogP contribution in [0.3, 0.4) is 0 Å². The van der Waals surface area contributed by atoms with Crippen molar-refractivity contribution in [2.75, 3.05) is 0 Å². The number of phenolic OH excluding ortho intramolecular Hbond substituents is 1. The lowest BCUT2D eigenvalue weighted by atomic mass is 9.99. The van der Waals surface area contributed by atoms with Crippen LogP contribution in [-0.4, -0.2) is 10.1 Å². The maximum absolute atomic E-state index is 9.49. The first-order valence-electron chi connectivity index (χ1n) is 8.75. The Balaban J connectivity index is 1.53. The predicted molar refractivity (Wildman–Crippen MR) is 105 cm³/mol. The molecule has 26 heavy (non-hydrogen) atoms. The van der Waals surface area contributed by atoms with Crippen LogP contribution >= 0.6 is 0 Å². The lowest BCUT2D eigenvalue weighted by molar-refractivity contribution is 0.475. The Morgan fingerprint density at radius 2 is 1.31 bits per heavy atom. The number of phenols is 1. The number of nitrogens with zero attached hydrogens (tertiary/aromatic N) is 1. The first-order valence-corrected chi connectivity index (χ1v) is 8.75. The lowest BCUT2D eigenvalue weighted by Crippen LogP contribution is -1.85. The molecule has 2 heteroatoms. The molecular formula is C24H17NO. The van der Waals surface area contributed by atoms with Crippen LogP contribution in [0.15, 0.2) is 85.1 Å². The van der Waals surface area contributed by atoms with Crippen LogP contribution < -0.4 is 0 Å². The minimum atomic E-state index is 0.296. The van der Waals surface area contributed by atoms with Gasteiger partial charge in [0.2, 0.25) is 0 Å². The summed E-state index contributed by atoms with van der Waals surface area (Å²) in [6.45, 7) is 0. The highest BCUT2D eigenvalue weighted by atomic mass is 16.3. The van der Waals surface area contributed by atoms with Crippen molar-refractivity contribution < 1.29 is 5.11 Å². The standard InChI is InChI=1S/C24H17NO/c26-21-8-4-16(5-9-21)17-6-10-22-19(13-17)15-20-14-18(7-11-23(20)22)24-3-1-2-12-25-24/h1-14,26H,15H2. The summed E-state index contributed by atoms with van der Waals surface area (Å²) in [6, 6.07) is 26.7. The molecule has 0 aliphatic heterocycles. The molecule has 0 bridgehead atoms. The van der Waals surface area contributed by atoms with E-state index in [1.807, 2.05) is 36.5 Å². The van der Waals surface area contributed by atoms with Gasteiger partial charge in [-0.05, 0) is 70.1 Å². The first kappa shape index (κ1) is 14.9. The van der Waals surface area contributed by atoms with Crippen molar-refractivity contribution in [2.45, 2.75) is 6.42 Å². The lowest BCUT2D eigenvalue weighted by Gasteiger charge is -2.06. The SMILES string of the molecule is Oc1ccc(-c2ccc3c(c2)Cc2cc(-c4ccccn4)ccc2-3)cc1. The molecule has 5 rings (SSSR count). The Morgan fingerprint density at radius 1 is 0.654 bits per heavy atom. The van der Waals surface area contributed by atoms with Gasteiger partial charge in [0.05, 0.1) is 5.69 Å². The van der Waals surface area contributed by atoms with Crippen molar-refractivity contribution in [3.63, 3.8) is 0 Å². The minimum absolute atomic E-state index is 0.296. The third-order valence-electron chi connectivity index (χ3n) is 5.04. The van der Waals surface area contributed by atoms with E-state index in [1.54, 1.807) is 12.1 Å². The summed E-state index contributed by atoms with van der Waals surface area (Å²) >= 11 is 0. The van der Waals surface area contributed by atoms with Crippen LogP contribution in [0.1, 0.15) is 11.1 Å². The molecule has 1 aromatic heterocycles. The molecule has 0 amide bonds. The molecule has 1 aliphatic carbocycles. The molecule has 3 aromatic carbocycles. The zero-order chi connectivity index (χ0) is 17.5. The Hall–Kier alpha value is -3.39. The van der Waals surface area contributed by atoms with Gasteiger partial charge in [0.25, 0.3) is 0 Å². The van der Waals surface area contributed by atoms with Crippen molar-refractivity contribution in [1.29, 1.82) is 0 Å². The maximum Gasteiger partial charge on any atom is 0.115 e.